The van der Waals surface area contributed by atoms with E-state index < -0.39 is 0 Å². The van der Waals surface area contributed by atoms with E-state index in [1.165, 1.54) is 24.3 Å². The first-order valence-corrected chi connectivity index (χ1v) is 11.7. The van der Waals surface area contributed by atoms with Gasteiger partial charge in [0.25, 0.3) is 5.91 Å². The molecule has 180 valence electrons. The molecule has 0 aliphatic carbocycles. The average Bonchev–Trinajstić information content (AvgIpc) is 3.32. The van der Waals surface area contributed by atoms with E-state index in [4.69, 9.17) is 0 Å². The lowest BCUT2D eigenvalue weighted by Gasteiger charge is -2.40. The third-order valence-corrected chi connectivity index (χ3v) is 6.62. The second-order valence-electron chi connectivity index (χ2n) is 8.76. The molecule has 0 bridgehead atoms. The molecule has 6 nitrogen and oxygen atoms in total. The van der Waals surface area contributed by atoms with Crippen LogP contribution in [0.5, 0.6) is 0 Å². The Morgan fingerprint density at radius 1 is 0.743 bits per heavy atom. The Morgan fingerprint density at radius 2 is 1.29 bits per heavy atom. The summed E-state index contributed by atoms with van der Waals surface area (Å²) in [6, 6.07) is 19.6. The summed E-state index contributed by atoms with van der Waals surface area (Å²) in [6.07, 6.45) is 0. The number of carbonyl (C=O) groups excluding carboxylic acids is 2. The van der Waals surface area contributed by atoms with Crippen molar-refractivity contribution in [1.82, 2.24) is 15.1 Å². The van der Waals surface area contributed by atoms with Gasteiger partial charge < -0.3 is 10.2 Å². The summed E-state index contributed by atoms with van der Waals surface area (Å²) >= 11 is 0. The van der Waals surface area contributed by atoms with Crippen LogP contribution in [-0.2, 0) is 0 Å². The fourth-order valence-corrected chi connectivity index (χ4v) is 4.77. The van der Waals surface area contributed by atoms with Crippen molar-refractivity contribution in [3.63, 3.8) is 0 Å². The molecule has 35 heavy (non-hydrogen) atoms. The second-order valence-corrected chi connectivity index (χ2v) is 8.76. The number of urea groups is 1. The lowest BCUT2D eigenvalue weighted by atomic mass is 9.96. The second kappa shape index (κ2) is 9.84. The van der Waals surface area contributed by atoms with Gasteiger partial charge in [-0.15, -0.1) is 0 Å². The van der Waals surface area contributed by atoms with Crippen molar-refractivity contribution in [2.45, 2.75) is 6.04 Å². The van der Waals surface area contributed by atoms with Gasteiger partial charge in [0.2, 0.25) is 0 Å². The maximum absolute atomic E-state index is 13.6. The lowest BCUT2D eigenvalue weighted by Crippen LogP contribution is -2.49. The topological polar surface area (TPSA) is 55.9 Å². The minimum absolute atomic E-state index is 0.0535. The van der Waals surface area contributed by atoms with Crippen molar-refractivity contribution in [3.05, 3.63) is 101 Å². The Balaban J connectivity index is 1.28. The Morgan fingerprint density at radius 3 is 1.77 bits per heavy atom. The Hall–Kier alpha value is -3.78. The molecule has 3 aromatic rings. The van der Waals surface area contributed by atoms with Crippen LogP contribution in [0.25, 0.3) is 0 Å². The van der Waals surface area contributed by atoms with Gasteiger partial charge in [-0.25, -0.2) is 13.6 Å². The Labute approximate surface area is 202 Å². The number of hydrogen-bond donors (Lipinski definition) is 1. The number of amides is 3. The third kappa shape index (κ3) is 4.88. The zero-order chi connectivity index (χ0) is 24.4. The number of piperazine rings is 1. The molecule has 2 aliphatic heterocycles. The fourth-order valence-electron chi connectivity index (χ4n) is 4.77. The van der Waals surface area contributed by atoms with Gasteiger partial charge in [-0.2, -0.15) is 0 Å². The molecule has 0 spiro atoms. The number of anilines is 1. The first-order valence-electron chi connectivity index (χ1n) is 11.7. The molecule has 8 heteroatoms. The highest BCUT2D eigenvalue weighted by Crippen LogP contribution is 2.30. The molecule has 2 aliphatic rings. The molecule has 0 unspecified atom stereocenters. The maximum atomic E-state index is 13.6. The highest BCUT2D eigenvalue weighted by Gasteiger charge is 2.29. The summed E-state index contributed by atoms with van der Waals surface area (Å²) in [5.41, 5.74) is 3.18. The Kier molecular flexibility index (Phi) is 6.46. The van der Waals surface area contributed by atoms with Crippen LogP contribution in [0.15, 0.2) is 72.8 Å². The maximum Gasteiger partial charge on any atom is 0.321 e. The number of nitrogens with one attached hydrogen (secondary N) is 1. The highest BCUT2D eigenvalue weighted by molar-refractivity contribution is 5.97. The van der Waals surface area contributed by atoms with Gasteiger partial charge in [-0.3, -0.25) is 14.6 Å². The number of carbonyl (C=O) groups is 2. The first-order chi connectivity index (χ1) is 17.0. The van der Waals surface area contributed by atoms with E-state index in [1.54, 1.807) is 53.4 Å². The molecule has 2 saturated heterocycles. The van der Waals surface area contributed by atoms with E-state index in [-0.39, 0.29) is 29.6 Å². The molecule has 0 aromatic heterocycles. The molecule has 3 amide bonds. The number of rotatable bonds is 5. The molecule has 0 radical (unpaired) electrons. The van der Waals surface area contributed by atoms with E-state index in [0.717, 1.165) is 16.8 Å². The van der Waals surface area contributed by atoms with Gasteiger partial charge >= 0.3 is 6.03 Å². The summed E-state index contributed by atoms with van der Waals surface area (Å²) < 4.78 is 27.1. The van der Waals surface area contributed by atoms with Gasteiger partial charge in [-0.1, -0.05) is 24.3 Å². The zero-order valence-electron chi connectivity index (χ0n) is 19.2. The summed E-state index contributed by atoms with van der Waals surface area (Å²) in [5, 5.41) is 2.77. The highest BCUT2D eigenvalue weighted by atomic mass is 19.1. The monoisotopic (exact) mass is 476 g/mol. The summed E-state index contributed by atoms with van der Waals surface area (Å²) in [5.74, 6) is -0.668. The van der Waals surface area contributed by atoms with Gasteiger partial charge in [0.15, 0.2) is 0 Å². The van der Waals surface area contributed by atoms with Gasteiger partial charge in [0, 0.05) is 50.5 Å². The van der Waals surface area contributed by atoms with Crippen molar-refractivity contribution in [2.24, 2.45) is 0 Å². The van der Waals surface area contributed by atoms with Crippen LogP contribution < -0.4 is 10.2 Å². The number of nitrogens with zero attached hydrogens (tertiary/aromatic N) is 3. The van der Waals surface area contributed by atoms with Crippen LogP contribution in [0.1, 0.15) is 27.5 Å². The molecule has 2 fully saturated rings. The van der Waals surface area contributed by atoms with E-state index in [9.17, 15) is 18.4 Å². The number of halogens is 2. The largest absolute Gasteiger partial charge is 0.336 e. The van der Waals surface area contributed by atoms with Crippen LogP contribution in [-0.4, -0.2) is 61.0 Å². The summed E-state index contributed by atoms with van der Waals surface area (Å²) in [7, 11) is 0. The Bertz CT molecular complexity index is 1150. The average molecular weight is 477 g/mol. The van der Waals surface area contributed by atoms with Crippen molar-refractivity contribution >= 4 is 17.6 Å². The van der Waals surface area contributed by atoms with Crippen LogP contribution in [0, 0.1) is 11.6 Å². The molecule has 0 saturated carbocycles. The van der Waals surface area contributed by atoms with Gasteiger partial charge in [0.05, 0.1) is 6.04 Å². The minimum atomic E-state index is -0.307. The van der Waals surface area contributed by atoms with Crippen molar-refractivity contribution < 1.29 is 18.4 Å². The molecule has 5 rings (SSSR count). The summed E-state index contributed by atoms with van der Waals surface area (Å²) in [4.78, 5) is 30.7. The first kappa shape index (κ1) is 23.0. The number of hydrogen-bond acceptors (Lipinski definition) is 3. The fraction of sp³-hybridized carbons (Fsp3) is 0.259. The van der Waals surface area contributed by atoms with Gasteiger partial charge in [-0.05, 0) is 59.7 Å². The SMILES string of the molecule is O=C(c1ccc(N2CCNC2=O)cc1)N1CCN(C(c2ccc(F)cc2)c2ccc(F)cc2)CC1. The van der Waals surface area contributed by atoms with Crippen LogP contribution >= 0.6 is 0 Å². The van der Waals surface area contributed by atoms with Crippen LogP contribution in [0.4, 0.5) is 19.3 Å². The molecular formula is C27H26F2N4O2. The smallest absolute Gasteiger partial charge is 0.321 e. The molecule has 3 aromatic carbocycles. The van der Waals surface area contributed by atoms with Gasteiger partial charge in [0.1, 0.15) is 11.6 Å². The molecule has 0 atom stereocenters. The van der Waals surface area contributed by atoms with E-state index in [0.29, 0.717) is 44.8 Å². The predicted octanol–water partition coefficient (Wildman–Crippen LogP) is 4.04. The van der Waals surface area contributed by atoms with Crippen LogP contribution in [0.3, 0.4) is 0 Å². The van der Waals surface area contributed by atoms with Crippen LogP contribution in [0.2, 0.25) is 0 Å². The van der Waals surface area contributed by atoms with Crippen molar-refractivity contribution in [3.8, 4) is 0 Å². The summed E-state index contributed by atoms with van der Waals surface area (Å²) in [6.45, 7) is 3.54. The lowest BCUT2D eigenvalue weighted by molar-refractivity contribution is 0.0597. The predicted molar refractivity (Wildman–Crippen MR) is 129 cm³/mol. The molecule has 2 heterocycles. The quantitative estimate of drug-likeness (QED) is 0.605. The van der Waals surface area contributed by atoms with Crippen molar-refractivity contribution in [2.75, 3.05) is 44.2 Å². The molecular weight excluding hydrogens is 450 g/mol. The molecule has 1 N–H and O–H groups in total. The number of benzene rings is 3. The van der Waals surface area contributed by atoms with E-state index in [1.807, 2.05) is 4.90 Å². The standard InChI is InChI=1S/C27H26F2N4O2/c28-22-7-1-19(2-8-22)25(20-3-9-23(29)10-4-20)31-15-17-32(18-16-31)26(34)21-5-11-24(12-6-21)33-14-13-30-27(33)35/h1-12,25H,13-18H2,(H,30,35). The normalized spacial score (nSPS) is 16.6. The van der Waals surface area contributed by atoms with E-state index >= 15 is 0 Å². The van der Waals surface area contributed by atoms with Crippen molar-refractivity contribution in [1.29, 1.82) is 0 Å². The van der Waals surface area contributed by atoms with E-state index in [2.05, 4.69) is 10.2 Å². The zero-order valence-corrected chi connectivity index (χ0v) is 19.2. The third-order valence-electron chi connectivity index (χ3n) is 6.62. The minimum Gasteiger partial charge on any atom is -0.336 e.